The van der Waals surface area contributed by atoms with Crippen LogP contribution in [-0.4, -0.2) is 40.7 Å². The highest BCUT2D eigenvalue weighted by atomic mass is 79.9. The lowest BCUT2D eigenvalue weighted by atomic mass is 10.1. The Labute approximate surface area is 125 Å². The highest BCUT2D eigenvalue weighted by Crippen LogP contribution is 2.28. The molecule has 0 bridgehead atoms. The highest BCUT2D eigenvalue weighted by Gasteiger charge is 2.41. The number of nitrogen functional groups attached to an aromatic ring is 1. The SMILES string of the molecule is Nc1cccc(Br)c1CN1CC(=O)N2CCCC2C1=O. The quantitative estimate of drug-likeness (QED) is 0.828. The number of anilines is 1. The zero-order valence-corrected chi connectivity index (χ0v) is 12.6. The molecule has 0 radical (unpaired) electrons. The van der Waals surface area contributed by atoms with E-state index in [2.05, 4.69) is 15.9 Å². The number of rotatable bonds is 2. The minimum absolute atomic E-state index is 0.0391. The molecule has 1 aromatic carbocycles. The number of carbonyl (C=O) groups is 2. The first-order chi connectivity index (χ1) is 9.58. The van der Waals surface area contributed by atoms with Gasteiger partial charge in [0, 0.05) is 28.8 Å². The summed E-state index contributed by atoms with van der Waals surface area (Å²) in [6.07, 6.45) is 1.68. The average molecular weight is 338 g/mol. The number of hydrogen-bond donors (Lipinski definition) is 1. The van der Waals surface area contributed by atoms with Gasteiger partial charge in [-0.05, 0) is 25.0 Å². The molecule has 106 valence electrons. The first-order valence-corrected chi connectivity index (χ1v) is 7.48. The van der Waals surface area contributed by atoms with Crippen molar-refractivity contribution in [3.63, 3.8) is 0 Å². The Morgan fingerprint density at radius 3 is 2.90 bits per heavy atom. The molecule has 2 heterocycles. The molecule has 0 aromatic heterocycles. The number of nitrogens with two attached hydrogens (primary N) is 1. The number of carbonyl (C=O) groups excluding carboxylic acids is 2. The molecule has 5 nitrogen and oxygen atoms in total. The van der Waals surface area contributed by atoms with Crippen LogP contribution in [0.15, 0.2) is 22.7 Å². The van der Waals surface area contributed by atoms with Crippen molar-refractivity contribution < 1.29 is 9.59 Å². The molecule has 1 atom stereocenters. The Balaban J connectivity index is 1.84. The summed E-state index contributed by atoms with van der Waals surface area (Å²) < 4.78 is 0.867. The first-order valence-electron chi connectivity index (χ1n) is 6.69. The van der Waals surface area contributed by atoms with Crippen LogP contribution in [0, 0.1) is 0 Å². The van der Waals surface area contributed by atoms with E-state index in [1.807, 2.05) is 12.1 Å². The van der Waals surface area contributed by atoms with Crippen molar-refractivity contribution in [1.82, 2.24) is 9.80 Å². The summed E-state index contributed by atoms with van der Waals surface area (Å²) in [7, 11) is 0. The lowest BCUT2D eigenvalue weighted by Crippen LogP contribution is -2.56. The fraction of sp³-hybridized carbons (Fsp3) is 0.429. The van der Waals surface area contributed by atoms with Gasteiger partial charge in [0.1, 0.15) is 12.6 Å². The average Bonchev–Trinajstić information content (AvgIpc) is 2.89. The van der Waals surface area contributed by atoms with Crippen LogP contribution in [-0.2, 0) is 16.1 Å². The number of amides is 2. The maximum atomic E-state index is 12.5. The van der Waals surface area contributed by atoms with Gasteiger partial charge >= 0.3 is 0 Å². The third-order valence-electron chi connectivity index (χ3n) is 4.00. The molecule has 2 amide bonds. The molecule has 2 aliphatic rings. The number of benzene rings is 1. The molecular weight excluding hydrogens is 322 g/mol. The van der Waals surface area contributed by atoms with Crippen molar-refractivity contribution >= 4 is 33.4 Å². The molecule has 1 aromatic rings. The van der Waals surface area contributed by atoms with Gasteiger partial charge in [0.25, 0.3) is 0 Å². The van der Waals surface area contributed by atoms with Crippen LogP contribution in [0.25, 0.3) is 0 Å². The van der Waals surface area contributed by atoms with E-state index in [9.17, 15) is 9.59 Å². The third kappa shape index (κ3) is 2.18. The Hall–Kier alpha value is -1.56. The standard InChI is InChI=1S/C14H16BrN3O2/c15-10-3-1-4-11(16)9(10)7-17-8-13(19)18-6-2-5-12(18)14(17)20/h1,3-4,12H,2,5-8,16H2. The highest BCUT2D eigenvalue weighted by molar-refractivity contribution is 9.10. The summed E-state index contributed by atoms with van der Waals surface area (Å²) in [6, 6.07) is 5.28. The predicted octanol–water partition coefficient (Wildman–Crippen LogP) is 1.36. The molecular formula is C14H16BrN3O2. The van der Waals surface area contributed by atoms with Crippen molar-refractivity contribution in [3.8, 4) is 0 Å². The molecule has 0 spiro atoms. The number of fused-ring (bicyclic) bond motifs is 1. The monoisotopic (exact) mass is 337 g/mol. The second-order valence-electron chi connectivity index (χ2n) is 5.25. The van der Waals surface area contributed by atoms with Crippen molar-refractivity contribution in [1.29, 1.82) is 0 Å². The van der Waals surface area contributed by atoms with Crippen LogP contribution in [0.3, 0.4) is 0 Å². The van der Waals surface area contributed by atoms with Crippen molar-refractivity contribution in [2.75, 3.05) is 18.8 Å². The maximum absolute atomic E-state index is 12.5. The lowest BCUT2D eigenvalue weighted by Gasteiger charge is -2.36. The number of halogens is 1. The van der Waals surface area contributed by atoms with Crippen molar-refractivity contribution in [3.05, 3.63) is 28.2 Å². The molecule has 2 fully saturated rings. The summed E-state index contributed by atoms with van der Waals surface area (Å²) in [4.78, 5) is 27.9. The predicted molar refractivity (Wildman–Crippen MR) is 78.7 cm³/mol. The van der Waals surface area contributed by atoms with Gasteiger partial charge in [-0.3, -0.25) is 9.59 Å². The van der Waals surface area contributed by atoms with Gasteiger partial charge in [-0.2, -0.15) is 0 Å². The Morgan fingerprint density at radius 1 is 1.35 bits per heavy atom. The van der Waals surface area contributed by atoms with Gasteiger partial charge in [0.05, 0.1) is 0 Å². The van der Waals surface area contributed by atoms with Crippen molar-refractivity contribution in [2.45, 2.75) is 25.4 Å². The van der Waals surface area contributed by atoms with E-state index < -0.39 is 0 Å². The lowest BCUT2D eigenvalue weighted by molar-refractivity contribution is -0.154. The van der Waals surface area contributed by atoms with Gasteiger partial charge in [-0.15, -0.1) is 0 Å². The van der Waals surface area contributed by atoms with E-state index in [0.717, 1.165) is 22.9 Å². The maximum Gasteiger partial charge on any atom is 0.246 e. The number of piperazine rings is 1. The molecule has 0 saturated carbocycles. The van der Waals surface area contributed by atoms with Crippen LogP contribution in [0.4, 0.5) is 5.69 Å². The smallest absolute Gasteiger partial charge is 0.246 e. The summed E-state index contributed by atoms with van der Waals surface area (Å²) in [5.41, 5.74) is 7.46. The van der Waals surface area contributed by atoms with Crippen LogP contribution >= 0.6 is 15.9 Å². The third-order valence-corrected chi connectivity index (χ3v) is 4.74. The topological polar surface area (TPSA) is 66.6 Å². The molecule has 0 aliphatic carbocycles. The molecule has 2 saturated heterocycles. The normalized spacial score (nSPS) is 22.4. The zero-order valence-electron chi connectivity index (χ0n) is 11.0. The summed E-state index contributed by atoms with van der Waals surface area (Å²) >= 11 is 3.45. The fourth-order valence-corrected chi connectivity index (χ4v) is 3.44. The zero-order chi connectivity index (χ0) is 14.3. The van der Waals surface area contributed by atoms with Gasteiger partial charge < -0.3 is 15.5 Å². The molecule has 2 aliphatic heterocycles. The second kappa shape index (κ2) is 5.09. The van der Waals surface area contributed by atoms with Crippen LogP contribution in [0.1, 0.15) is 18.4 Å². The molecule has 1 unspecified atom stereocenters. The summed E-state index contributed by atoms with van der Waals surface area (Å²) in [6.45, 7) is 1.23. The summed E-state index contributed by atoms with van der Waals surface area (Å²) in [5, 5.41) is 0. The number of hydrogen-bond acceptors (Lipinski definition) is 3. The molecule has 3 rings (SSSR count). The van der Waals surface area contributed by atoms with Gasteiger partial charge in [0.15, 0.2) is 0 Å². The molecule has 20 heavy (non-hydrogen) atoms. The van der Waals surface area contributed by atoms with Crippen LogP contribution < -0.4 is 5.73 Å². The minimum atomic E-state index is -0.264. The van der Waals surface area contributed by atoms with E-state index in [1.54, 1.807) is 15.9 Å². The van der Waals surface area contributed by atoms with E-state index in [-0.39, 0.29) is 24.4 Å². The fourth-order valence-electron chi connectivity index (χ4n) is 2.93. The second-order valence-corrected chi connectivity index (χ2v) is 6.10. The van der Waals surface area contributed by atoms with Gasteiger partial charge in [-0.25, -0.2) is 0 Å². The van der Waals surface area contributed by atoms with E-state index >= 15 is 0 Å². The van der Waals surface area contributed by atoms with E-state index in [0.29, 0.717) is 18.8 Å². The van der Waals surface area contributed by atoms with E-state index in [1.165, 1.54) is 0 Å². The first kappa shape index (κ1) is 13.4. The molecule has 2 N–H and O–H groups in total. The van der Waals surface area contributed by atoms with Crippen LogP contribution in [0.2, 0.25) is 0 Å². The van der Waals surface area contributed by atoms with E-state index in [4.69, 9.17) is 5.73 Å². The van der Waals surface area contributed by atoms with Gasteiger partial charge in [-0.1, -0.05) is 22.0 Å². The minimum Gasteiger partial charge on any atom is -0.398 e. The Bertz CT molecular complexity index is 555. The van der Waals surface area contributed by atoms with Crippen molar-refractivity contribution in [2.24, 2.45) is 0 Å². The Kier molecular flexibility index (Phi) is 3.41. The van der Waals surface area contributed by atoms with Gasteiger partial charge in [0.2, 0.25) is 11.8 Å². The largest absolute Gasteiger partial charge is 0.398 e. The summed E-state index contributed by atoms with van der Waals surface area (Å²) in [5.74, 6) is 0.0787. The Morgan fingerprint density at radius 2 is 2.15 bits per heavy atom. The number of nitrogens with zero attached hydrogens (tertiary/aromatic N) is 2. The molecule has 6 heteroatoms. The van der Waals surface area contributed by atoms with Crippen LogP contribution in [0.5, 0.6) is 0 Å².